The Kier molecular flexibility index (Phi) is 8.50. The second-order valence-electron chi connectivity index (χ2n) is 17.9. The van der Waals surface area contributed by atoms with E-state index >= 15 is 0 Å². The molecular formula is C65H43N3. The molecule has 0 saturated carbocycles. The van der Waals surface area contributed by atoms with Crippen LogP contribution < -0.4 is 9.80 Å². The Bertz CT molecular complexity index is 3870. The van der Waals surface area contributed by atoms with Gasteiger partial charge < -0.3 is 14.4 Å². The molecule has 1 heterocycles. The summed E-state index contributed by atoms with van der Waals surface area (Å²) in [5, 5.41) is 4.88. The van der Waals surface area contributed by atoms with Gasteiger partial charge in [-0.2, -0.15) is 0 Å². The lowest BCUT2D eigenvalue weighted by atomic mass is 9.69. The van der Waals surface area contributed by atoms with Gasteiger partial charge in [-0.15, -0.1) is 0 Å². The highest BCUT2D eigenvalue weighted by Gasteiger charge is 2.55. The normalized spacial score (nSPS) is 14.2. The number of hydrogen-bond donors (Lipinski definition) is 0. The standard InChI is InChI=1S/C65H43N3/c1-5-24-45(25-6-1)66(46-26-7-2-8-27-46)58-41-22-39-56-62(58)53-35-16-19-38-55(53)65(56)54-37-18-15-34-52(54)61-49-32-14-13-23-44(49)43-60(63(61)65)67(47-28-9-3-10-29-47)59-42-21-36-51-50-33-17-20-40-57(50)68(64(51)59)48-30-11-4-12-31-48/h1-43H. The molecule has 0 N–H and O–H groups in total. The molecule has 2 aliphatic rings. The fourth-order valence-corrected chi connectivity index (χ4v) is 12.0. The van der Waals surface area contributed by atoms with E-state index in [1.54, 1.807) is 0 Å². The summed E-state index contributed by atoms with van der Waals surface area (Å²) in [6.07, 6.45) is 0. The van der Waals surface area contributed by atoms with E-state index < -0.39 is 5.41 Å². The lowest BCUT2D eigenvalue weighted by Gasteiger charge is -2.36. The lowest BCUT2D eigenvalue weighted by Crippen LogP contribution is -2.28. The molecule has 0 bridgehead atoms. The van der Waals surface area contributed by atoms with Crippen LogP contribution >= 0.6 is 0 Å². The fourth-order valence-electron chi connectivity index (χ4n) is 12.0. The molecule has 0 amide bonds. The van der Waals surface area contributed by atoms with E-state index in [4.69, 9.17) is 0 Å². The first-order valence-electron chi connectivity index (χ1n) is 23.5. The van der Waals surface area contributed by atoms with E-state index in [9.17, 15) is 0 Å². The minimum Gasteiger partial charge on any atom is -0.310 e. The van der Waals surface area contributed by atoms with Crippen molar-refractivity contribution in [1.29, 1.82) is 0 Å². The van der Waals surface area contributed by atoms with Crippen LogP contribution in [0.5, 0.6) is 0 Å². The number of hydrogen-bond acceptors (Lipinski definition) is 2. The van der Waals surface area contributed by atoms with Crippen molar-refractivity contribution < 1.29 is 0 Å². The highest BCUT2D eigenvalue weighted by atomic mass is 15.2. The molecule has 318 valence electrons. The molecule has 1 atom stereocenters. The van der Waals surface area contributed by atoms with E-state index in [1.807, 2.05) is 0 Å². The fraction of sp³-hybridized carbons (Fsp3) is 0.0154. The summed E-state index contributed by atoms with van der Waals surface area (Å²) < 4.78 is 2.47. The van der Waals surface area contributed by atoms with Gasteiger partial charge >= 0.3 is 0 Å². The van der Waals surface area contributed by atoms with E-state index in [1.165, 1.54) is 71.6 Å². The van der Waals surface area contributed by atoms with Gasteiger partial charge in [-0.25, -0.2) is 0 Å². The van der Waals surface area contributed by atoms with Crippen LogP contribution in [-0.4, -0.2) is 4.57 Å². The summed E-state index contributed by atoms with van der Waals surface area (Å²) in [7, 11) is 0. The maximum absolute atomic E-state index is 2.57. The van der Waals surface area contributed by atoms with Gasteiger partial charge in [-0.1, -0.05) is 188 Å². The minimum absolute atomic E-state index is 0.695. The van der Waals surface area contributed by atoms with Crippen LogP contribution in [-0.2, 0) is 5.41 Å². The predicted molar refractivity (Wildman–Crippen MR) is 284 cm³/mol. The molecule has 3 nitrogen and oxygen atoms in total. The minimum atomic E-state index is -0.695. The van der Waals surface area contributed by atoms with E-state index in [-0.39, 0.29) is 0 Å². The van der Waals surface area contributed by atoms with Gasteiger partial charge in [0.25, 0.3) is 0 Å². The first-order valence-corrected chi connectivity index (χ1v) is 23.5. The summed E-state index contributed by atoms with van der Waals surface area (Å²) in [5.41, 5.74) is 19.7. The third-order valence-electron chi connectivity index (χ3n) is 14.5. The molecule has 14 rings (SSSR count). The van der Waals surface area contributed by atoms with Gasteiger partial charge in [0, 0.05) is 44.6 Å². The second-order valence-corrected chi connectivity index (χ2v) is 17.9. The maximum Gasteiger partial charge on any atom is 0.0782 e. The average molecular weight is 866 g/mol. The Balaban J connectivity index is 1.15. The highest BCUT2D eigenvalue weighted by molar-refractivity contribution is 6.16. The number of aromatic nitrogens is 1. The van der Waals surface area contributed by atoms with Gasteiger partial charge in [0.05, 0.1) is 33.5 Å². The van der Waals surface area contributed by atoms with E-state index in [0.29, 0.717) is 0 Å². The van der Waals surface area contributed by atoms with Gasteiger partial charge in [0.2, 0.25) is 0 Å². The summed E-state index contributed by atoms with van der Waals surface area (Å²) in [6.45, 7) is 0. The molecule has 3 heteroatoms. The Morgan fingerprint density at radius 2 is 0.809 bits per heavy atom. The number of fused-ring (bicyclic) bond motifs is 15. The third-order valence-corrected chi connectivity index (χ3v) is 14.5. The number of para-hydroxylation sites is 6. The Morgan fingerprint density at radius 1 is 0.324 bits per heavy atom. The van der Waals surface area contributed by atoms with Crippen LogP contribution in [0, 0.1) is 0 Å². The van der Waals surface area contributed by atoms with Gasteiger partial charge in [-0.3, -0.25) is 0 Å². The molecule has 1 spiro atoms. The SMILES string of the molecule is c1ccc(N(c2ccccc2)c2cccc3c2-c2ccccc2C32c3ccccc3-c3c2c(N(c2ccccc2)c2cccc4c5ccccc5n(-c5ccccc5)c24)cc2ccccc32)cc1. The zero-order chi connectivity index (χ0) is 44.8. The molecule has 2 aliphatic carbocycles. The zero-order valence-electron chi connectivity index (χ0n) is 37.2. The number of rotatable bonds is 7. The average Bonchev–Trinajstić information content (AvgIpc) is 4.03. The van der Waals surface area contributed by atoms with Crippen LogP contribution in [0.25, 0.3) is 60.5 Å². The third kappa shape index (κ3) is 5.36. The van der Waals surface area contributed by atoms with Crippen molar-refractivity contribution in [3.05, 3.63) is 283 Å². The van der Waals surface area contributed by atoms with Crippen molar-refractivity contribution in [2.75, 3.05) is 9.80 Å². The van der Waals surface area contributed by atoms with Crippen molar-refractivity contribution in [2.24, 2.45) is 0 Å². The molecule has 12 aromatic rings. The van der Waals surface area contributed by atoms with Crippen LogP contribution in [0.3, 0.4) is 0 Å². The topological polar surface area (TPSA) is 11.4 Å². The van der Waals surface area contributed by atoms with E-state index in [0.717, 1.165) is 45.3 Å². The summed E-state index contributed by atoms with van der Waals surface area (Å²) >= 11 is 0. The van der Waals surface area contributed by atoms with Crippen LogP contribution in [0.4, 0.5) is 34.1 Å². The summed E-state index contributed by atoms with van der Waals surface area (Å²) in [4.78, 5) is 5.02. The van der Waals surface area contributed by atoms with E-state index in [2.05, 4.69) is 275 Å². The molecule has 0 aliphatic heterocycles. The van der Waals surface area contributed by atoms with Crippen LogP contribution in [0.15, 0.2) is 261 Å². The van der Waals surface area contributed by atoms with Gasteiger partial charge in [-0.05, 0) is 117 Å². The number of anilines is 6. The zero-order valence-corrected chi connectivity index (χ0v) is 37.2. The molecule has 0 saturated heterocycles. The molecule has 1 unspecified atom stereocenters. The molecule has 1 aromatic heterocycles. The molecule has 0 radical (unpaired) electrons. The van der Waals surface area contributed by atoms with Crippen molar-refractivity contribution >= 4 is 66.7 Å². The number of nitrogens with zero attached hydrogens (tertiary/aromatic N) is 3. The lowest BCUT2D eigenvalue weighted by molar-refractivity contribution is 0.793. The second kappa shape index (κ2) is 15.1. The van der Waals surface area contributed by atoms with Crippen LogP contribution in [0.1, 0.15) is 22.3 Å². The largest absolute Gasteiger partial charge is 0.310 e. The van der Waals surface area contributed by atoms with Crippen LogP contribution in [0.2, 0.25) is 0 Å². The van der Waals surface area contributed by atoms with Crippen molar-refractivity contribution in [3.63, 3.8) is 0 Å². The molecule has 11 aromatic carbocycles. The van der Waals surface area contributed by atoms with Crippen molar-refractivity contribution in [3.8, 4) is 27.9 Å². The number of benzene rings is 11. The predicted octanol–water partition coefficient (Wildman–Crippen LogP) is 17.2. The first kappa shape index (κ1) is 38.4. The smallest absolute Gasteiger partial charge is 0.0782 e. The molecule has 0 fully saturated rings. The monoisotopic (exact) mass is 865 g/mol. The Hall–Kier alpha value is -8.92. The quantitative estimate of drug-likeness (QED) is 0.158. The molecular weight excluding hydrogens is 823 g/mol. The maximum atomic E-state index is 2.57. The highest BCUT2D eigenvalue weighted by Crippen LogP contribution is 2.68. The Morgan fingerprint density at radius 3 is 1.49 bits per heavy atom. The van der Waals surface area contributed by atoms with Gasteiger partial charge in [0.15, 0.2) is 0 Å². The Labute approximate surface area is 395 Å². The van der Waals surface area contributed by atoms with Gasteiger partial charge in [0.1, 0.15) is 0 Å². The van der Waals surface area contributed by atoms with Crippen molar-refractivity contribution in [2.45, 2.75) is 5.41 Å². The summed E-state index contributed by atoms with van der Waals surface area (Å²) in [6, 6.07) is 96.2. The molecule has 68 heavy (non-hydrogen) atoms. The summed E-state index contributed by atoms with van der Waals surface area (Å²) in [5.74, 6) is 0. The first-order chi connectivity index (χ1) is 33.8. The van der Waals surface area contributed by atoms with Crippen molar-refractivity contribution in [1.82, 2.24) is 4.57 Å².